The molecule has 0 atom stereocenters. The molecule has 1 fully saturated rings. The van der Waals surface area contributed by atoms with Crippen molar-refractivity contribution in [1.29, 1.82) is 0 Å². The molecule has 6 nitrogen and oxygen atoms in total. The predicted molar refractivity (Wildman–Crippen MR) is 78.6 cm³/mol. The monoisotopic (exact) mass is 292 g/mol. The summed E-state index contributed by atoms with van der Waals surface area (Å²) >= 11 is 0. The second-order valence-electron chi connectivity index (χ2n) is 5.28. The Morgan fingerprint density at radius 1 is 1.38 bits per heavy atom. The van der Waals surface area contributed by atoms with Gasteiger partial charge in [0.15, 0.2) is 6.61 Å². The summed E-state index contributed by atoms with van der Waals surface area (Å²) in [6.45, 7) is 1.66. The molecule has 1 aromatic carbocycles. The molecule has 2 amide bonds. The average Bonchev–Trinajstić information content (AvgIpc) is 2.41. The number of carbonyl (C=O) groups excluding carboxylic acids is 1. The highest BCUT2D eigenvalue weighted by atomic mass is 16.5. The van der Waals surface area contributed by atoms with Gasteiger partial charge in [0.1, 0.15) is 5.75 Å². The zero-order valence-electron chi connectivity index (χ0n) is 12.0. The van der Waals surface area contributed by atoms with Gasteiger partial charge >= 0.3 is 12.0 Å². The number of benzene rings is 1. The molecular weight excluding hydrogens is 272 g/mol. The van der Waals surface area contributed by atoms with E-state index in [0.717, 1.165) is 25.7 Å². The third-order valence-electron chi connectivity index (χ3n) is 3.82. The van der Waals surface area contributed by atoms with Crippen LogP contribution < -0.4 is 15.4 Å². The Hall–Kier alpha value is -2.24. The predicted octanol–water partition coefficient (Wildman–Crippen LogP) is 2.60. The zero-order valence-corrected chi connectivity index (χ0v) is 12.0. The first kappa shape index (κ1) is 15.2. The summed E-state index contributed by atoms with van der Waals surface area (Å²) in [4.78, 5) is 22.5. The Morgan fingerprint density at radius 2 is 2.14 bits per heavy atom. The molecule has 1 aromatic rings. The number of nitrogens with one attached hydrogen (secondary N) is 2. The summed E-state index contributed by atoms with van der Waals surface area (Å²) in [6.07, 6.45) is 4.09. The van der Waals surface area contributed by atoms with Gasteiger partial charge in [-0.15, -0.1) is 0 Å². The van der Waals surface area contributed by atoms with E-state index in [2.05, 4.69) is 17.6 Å². The fourth-order valence-electron chi connectivity index (χ4n) is 2.38. The summed E-state index contributed by atoms with van der Waals surface area (Å²) in [5.41, 5.74) is 0.502. The molecule has 2 rings (SSSR count). The zero-order chi connectivity index (χ0) is 15.3. The van der Waals surface area contributed by atoms with E-state index in [-0.39, 0.29) is 11.6 Å². The van der Waals surface area contributed by atoms with Gasteiger partial charge in [0, 0.05) is 17.3 Å². The Balaban J connectivity index is 1.91. The largest absolute Gasteiger partial charge is 0.482 e. The van der Waals surface area contributed by atoms with Crippen LogP contribution in [0.15, 0.2) is 24.3 Å². The highest BCUT2D eigenvalue weighted by Gasteiger charge is 2.36. The number of carbonyl (C=O) groups is 2. The van der Waals surface area contributed by atoms with E-state index in [9.17, 15) is 9.59 Å². The van der Waals surface area contributed by atoms with Gasteiger partial charge in [0.25, 0.3) is 0 Å². The second kappa shape index (κ2) is 6.47. The van der Waals surface area contributed by atoms with Crippen LogP contribution in [-0.4, -0.2) is 29.3 Å². The van der Waals surface area contributed by atoms with E-state index in [0.29, 0.717) is 11.4 Å². The summed E-state index contributed by atoms with van der Waals surface area (Å²) < 4.78 is 5.07. The van der Waals surface area contributed by atoms with Gasteiger partial charge in [-0.2, -0.15) is 0 Å². The molecule has 1 aliphatic carbocycles. The molecule has 0 radical (unpaired) electrons. The van der Waals surface area contributed by atoms with Crippen LogP contribution in [-0.2, 0) is 4.79 Å². The Labute approximate surface area is 123 Å². The van der Waals surface area contributed by atoms with Crippen LogP contribution in [0.2, 0.25) is 0 Å². The summed E-state index contributed by atoms with van der Waals surface area (Å²) in [6, 6.07) is 6.43. The summed E-state index contributed by atoms with van der Waals surface area (Å²) in [5, 5.41) is 14.3. The number of rotatable bonds is 6. The minimum absolute atomic E-state index is 0.0680. The lowest BCUT2D eigenvalue weighted by atomic mass is 9.75. The van der Waals surface area contributed by atoms with E-state index < -0.39 is 12.6 Å². The molecular formula is C15H20N2O4. The standard InChI is InChI=1S/C15H20N2O4/c1-2-15(7-4-8-15)17-14(20)16-11-5-3-6-12(9-11)21-10-13(18)19/h3,5-6,9H,2,4,7-8,10H2,1H3,(H,18,19)(H2,16,17,20). The van der Waals surface area contributed by atoms with Gasteiger partial charge in [-0.05, 0) is 37.8 Å². The number of carboxylic acid groups (broad SMARTS) is 1. The maximum Gasteiger partial charge on any atom is 0.341 e. The van der Waals surface area contributed by atoms with Crippen LogP contribution in [0.3, 0.4) is 0 Å². The van der Waals surface area contributed by atoms with Crippen molar-refractivity contribution in [2.75, 3.05) is 11.9 Å². The van der Waals surface area contributed by atoms with Crippen LogP contribution >= 0.6 is 0 Å². The van der Waals surface area contributed by atoms with Gasteiger partial charge in [-0.25, -0.2) is 9.59 Å². The van der Waals surface area contributed by atoms with Crippen molar-refractivity contribution < 1.29 is 19.4 Å². The molecule has 0 aliphatic heterocycles. The van der Waals surface area contributed by atoms with Crippen molar-refractivity contribution in [2.45, 2.75) is 38.1 Å². The van der Waals surface area contributed by atoms with Crippen LogP contribution in [0.4, 0.5) is 10.5 Å². The molecule has 0 bridgehead atoms. The van der Waals surface area contributed by atoms with Gasteiger partial charge in [-0.3, -0.25) is 0 Å². The van der Waals surface area contributed by atoms with E-state index >= 15 is 0 Å². The Morgan fingerprint density at radius 3 is 2.71 bits per heavy atom. The second-order valence-corrected chi connectivity index (χ2v) is 5.28. The molecule has 1 aliphatic rings. The van der Waals surface area contributed by atoms with E-state index in [4.69, 9.17) is 9.84 Å². The number of anilines is 1. The van der Waals surface area contributed by atoms with Crippen LogP contribution in [0.5, 0.6) is 5.75 Å². The number of amides is 2. The normalized spacial score (nSPS) is 15.7. The SMILES string of the molecule is CCC1(NC(=O)Nc2cccc(OCC(=O)O)c2)CCC1. The quantitative estimate of drug-likeness (QED) is 0.752. The lowest BCUT2D eigenvalue weighted by Gasteiger charge is -2.41. The maximum absolute atomic E-state index is 12.0. The summed E-state index contributed by atoms with van der Waals surface area (Å²) in [7, 11) is 0. The fraction of sp³-hybridized carbons (Fsp3) is 0.467. The lowest BCUT2D eigenvalue weighted by molar-refractivity contribution is -0.139. The molecule has 6 heteroatoms. The van der Waals surface area contributed by atoms with Gasteiger partial charge in [-0.1, -0.05) is 13.0 Å². The lowest BCUT2D eigenvalue weighted by Crippen LogP contribution is -2.54. The first-order valence-electron chi connectivity index (χ1n) is 7.07. The molecule has 21 heavy (non-hydrogen) atoms. The number of urea groups is 1. The van der Waals surface area contributed by atoms with Crippen molar-refractivity contribution in [2.24, 2.45) is 0 Å². The van der Waals surface area contributed by atoms with Gasteiger partial charge in [0.2, 0.25) is 0 Å². The number of carboxylic acids is 1. The van der Waals surface area contributed by atoms with Crippen molar-refractivity contribution in [3.8, 4) is 5.75 Å². The minimum Gasteiger partial charge on any atom is -0.482 e. The Bertz CT molecular complexity index is 521. The summed E-state index contributed by atoms with van der Waals surface area (Å²) in [5.74, 6) is -0.634. The first-order chi connectivity index (χ1) is 10.0. The van der Waals surface area contributed by atoms with Gasteiger partial charge in [0.05, 0.1) is 0 Å². The molecule has 0 saturated heterocycles. The first-order valence-corrected chi connectivity index (χ1v) is 7.07. The highest BCUT2D eigenvalue weighted by molar-refractivity contribution is 5.90. The van der Waals surface area contributed by atoms with Crippen molar-refractivity contribution in [3.05, 3.63) is 24.3 Å². The Kier molecular flexibility index (Phi) is 4.67. The number of aliphatic carboxylic acids is 1. The van der Waals surface area contributed by atoms with Crippen LogP contribution in [0.25, 0.3) is 0 Å². The molecule has 3 N–H and O–H groups in total. The minimum atomic E-state index is -1.04. The number of hydrogen-bond donors (Lipinski definition) is 3. The molecule has 0 spiro atoms. The third-order valence-corrected chi connectivity index (χ3v) is 3.82. The van der Waals surface area contributed by atoms with Crippen LogP contribution in [0.1, 0.15) is 32.6 Å². The van der Waals surface area contributed by atoms with E-state index in [1.54, 1.807) is 24.3 Å². The number of ether oxygens (including phenoxy) is 1. The maximum atomic E-state index is 12.0. The fourth-order valence-corrected chi connectivity index (χ4v) is 2.38. The molecule has 1 saturated carbocycles. The van der Waals surface area contributed by atoms with Crippen LogP contribution in [0, 0.1) is 0 Å². The molecule has 114 valence electrons. The average molecular weight is 292 g/mol. The third kappa shape index (κ3) is 4.11. The smallest absolute Gasteiger partial charge is 0.341 e. The number of hydrogen-bond acceptors (Lipinski definition) is 3. The highest BCUT2D eigenvalue weighted by Crippen LogP contribution is 2.34. The van der Waals surface area contributed by atoms with Crippen molar-refractivity contribution in [3.63, 3.8) is 0 Å². The van der Waals surface area contributed by atoms with E-state index in [1.807, 2.05) is 0 Å². The van der Waals surface area contributed by atoms with Crippen molar-refractivity contribution >= 4 is 17.7 Å². The molecule has 0 aromatic heterocycles. The topological polar surface area (TPSA) is 87.7 Å². The van der Waals surface area contributed by atoms with Gasteiger partial charge < -0.3 is 20.5 Å². The molecule has 0 heterocycles. The molecule has 0 unspecified atom stereocenters. The van der Waals surface area contributed by atoms with Crippen molar-refractivity contribution in [1.82, 2.24) is 5.32 Å². The van der Waals surface area contributed by atoms with E-state index in [1.165, 1.54) is 0 Å².